The zero-order valence-corrected chi connectivity index (χ0v) is 14.6. The maximum absolute atomic E-state index is 13.3. The summed E-state index contributed by atoms with van der Waals surface area (Å²) in [4.78, 5) is 8.70. The summed E-state index contributed by atoms with van der Waals surface area (Å²) in [5, 5.41) is 1.75. The number of benzene rings is 2. The Kier molecular flexibility index (Phi) is 4.64. The summed E-state index contributed by atoms with van der Waals surface area (Å²) in [7, 11) is 0. The summed E-state index contributed by atoms with van der Waals surface area (Å²) in [5.41, 5.74) is 1.90. The minimum absolute atomic E-state index is 0.173. The molecule has 0 radical (unpaired) electrons. The van der Waals surface area contributed by atoms with E-state index in [0.717, 1.165) is 36.1 Å². The molecule has 1 aliphatic rings. The van der Waals surface area contributed by atoms with E-state index in [4.69, 9.17) is 16.4 Å². The highest BCUT2D eigenvalue weighted by Gasteiger charge is 2.21. The number of fused-ring (bicyclic) bond motifs is 1. The first-order chi connectivity index (χ1) is 12.2. The van der Waals surface area contributed by atoms with Crippen molar-refractivity contribution in [2.75, 3.05) is 19.6 Å². The first-order valence-electron chi connectivity index (χ1n) is 8.61. The lowest BCUT2D eigenvalue weighted by Crippen LogP contribution is -2.31. The van der Waals surface area contributed by atoms with Gasteiger partial charge in [-0.3, -0.25) is 4.90 Å². The van der Waals surface area contributed by atoms with Crippen LogP contribution in [0, 0.1) is 5.82 Å². The molecule has 0 amide bonds. The number of hydrogen-bond acceptors (Lipinski definition) is 2. The largest absolute Gasteiger partial charge is 0.404 e. The van der Waals surface area contributed by atoms with Gasteiger partial charge in [0, 0.05) is 23.2 Å². The lowest BCUT2D eigenvalue weighted by atomic mass is 10.1. The van der Waals surface area contributed by atoms with Gasteiger partial charge in [0.05, 0.1) is 5.52 Å². The molecule has 0 bridgehead atoms. The Morgan fingerprint density at radius 1 is 1.04 bits per heavy atom. The number of hydrogen-bond donors (Lipinski definition) is 0. The molecule has 130 valence electrons. The Balaban J connectivity index is 1.64. The Morgan fingerprint density at radius 3 is 2.56 bits per heavy atom. The van der Waals surface area contributed by atoms with Crippen LogP contribution in [0.5, 0.6) is 0 Å². The van der Waals surface area contributed by atoms with Gasteiger partial charge in [0.15, 0.2) is 6.10 Å². The fourth-order valence-electron chi connectivity index (χ4n) is 3.38. The molecule has 1 aromatic heterocycles. The van der Waals surface area contributed by atoms with Crippen molar-refractivity contribution in [3.8, 4) is 0 Å². The molecule has 2 heterocycles. The van der Waals surface area contributed by atoms with E-state index < -0.39 is 0 Å². The van der Waals surface area contributed by atoms with Crippen molar-refractivity contribution in [3.05, 3.63) is 71.1 Å². The molecule has 1 aliphatic heterocycles. The minimum atomic E-state index is -0.234. The predicted octanol–water partition coefficient (Wildman–Crippen LogP) is 4.70. The van der Waals surface area contributed by atoms with E-state index in [1.54, 1.807) is 16.9 Å². The molecule has 1 saturated heterocycles. The maximum atomic E-state index is 13.3. The van der Waals surface area contributed by atoms with E-state index in [9.17, 15) is 4.39 Å². The van der Waals surface area contributed by atoms with Crippen LogP contribution in [0.1, 0.15) is 24.5 Å². The summed E-state index contributed by atoms with van der Waals surface area (Å²) in [6.45, 7) is 2.95. The molecule has 5 heteroatoms. The van der Waals surface area contributed by atoms with E-state index in [0.29, 0.717) is 5.02 Å². The van der Waals surface area contributed by atoms with Crippen molar-refractivity contribution in [3.63, 3.8) is 0 Å². The molecule has 0 spiro atoms. The molecule has 1 fully saturated rings. The fraction of sp³-hybridized carbons (Fsp3) is 0.300. The van der Waals surface area contributed by atoms with Gasteiger partial charge in [0.2, 0.25) is 0 Å². The number of aromatic nitrogens is 1. The van der Waals surface area contributed by atoms with Gasteiger partial charge in [-0.1, -0.05) is 29.8 Å². The first kappa shape index (κ1) is 16.4. The quantitative estimate of drug-likeness (QED) is 0.657. The van der Waals surface area contributed by atoms with Gasteiger partial charge in [-0.05, 0) is 61.8 Å². The van der Waals surface area contributed by atoms with Crippen LogP contribution in [0.25, 0.3) is 10.9 Å². The van der Waals surface area contributed by atoms with Crippen molar-refractivity contribution >= 4 is 22.5 Å². The molecule has 4 rings (SSSR count). The molecule has 0 saturated carbocycles. The standard InChI is InChI=1S/C20H20ClFN2O/c21-17-6-3-15-9-12-24(19(15)13-17)25-20(14-23-10-1-2-11-23)16-4-7-18(22)8-5-16/h3-9,12-13,20H,1-2,10-11,14H2. The number of halogens is 2. The molecule has 2 aromatic carbocycles. The molecule has 0 aliphatic carbocycles. The minimum Gasteiger partial charge on any atom is -0.404 e. The van der Waals surface area contributed by atoms with Gasteiger partial charge in [0.1, 0.15) is 5.82 Å². The van der Waals surface area contributed by atoms with Gasteiger partial charge in [0.25, 0.3) is 0 Å². The zero-order chi connectivity index (χ0) is 17.2. The third-order valence-corrected chi connectivity index (χ3v) is 4.96. The van der Waals surface area contributed by atoms with Crippen LogP contribution < -0.4 is 4.84 Å². The molecule has 3 aromatic rings. The summed E-state index contributed by atoms with van der Waals surface area (Å²) >= 11 is 6.14. The van der Waals surface area contributed by atoms with Crippen LogP contribution >= 0.6 is 11.6 Å². The average Bonchev–Trinajstić information content (AvgIpc) is 3.25. The fourth-order valence-corrected chi connectivity index (χ4v) is 3.55. The molecule has 25 heavy (non-hydrogen) atoms. The second-order valence-corrected chi connectivity index (χ2v) is 6.93. The number of rotatable bonds is 5. The van der Waals surface area contributed by atoms with Crippen LogP contribution in [0.4, 0.5) is 4.39 Å². The Hall–Kier alpha value is -2.04. The Bertz CT molecular complexity index is 856. The average molecular weight is 359 g/mol. The van der Waals surface area contributed by atoms with Crippen LogP contribution in [-0.2, 0) is 0 Å². The second kappa shape index (κ2) is 7.06. The van der Waals surface area contributed by atoms with Gasteiger partial charge in [-0.15, -0.1) is 0 Å². The predicted molar refractivity (Wildman–Crippen MR) is 98.3 cm³/mol. The first-order valence-corrected chi connectivity index (χ1v) is 8.98. The normalized spacial score (nSPS) is 16.4. The van der Waals surface area contributed by atoms with Crippen molar-refractivity contribution in [2.24, 2.45) is 0 Å². The lowest BCUT2D eigenvalue weighted by Gasteiger charge is -2.25. The van der Waals surface area contributed by atoms with E-state index in [1.165, 1.54) is 25.0 Å². The van der Waals surface area contributed by atoms with Crippen molar-refractivity contribution < 1.29 is 9.23 Å². The Labute approximate surface area is 151 Å². The monoisotopic (exact) mass is 358 g/mol. The van der Waals surface area contributed by atoms with Crippen LogP contribution in [0.15, 0.2) is 54.7 Å². The highest BCUT2D eigenvalue weighted by Crippen LogP contribution is 2.24. The molecule has 1 unspecified atom stereocenters. The smallest absolute Gasteiger partial charge is 0.163 e. The van der Waals surface area contributed by atoms with Crippen LogP contribution in [-0.4, -0.2) is 29.3 Å². The van der Waals surface area contributed by atoms with Crippen molar-refractivity contribution in [1.82, 2.24) is 9.63 Å². The number of likely N-dealkylation sites (tertiary alicyclic amines) is 1. The van der Waals surface area contributed by atoms with Gasteiger partial charge < -0.3 is 4.84 Å². The maximum Gasteiger partial charge on any atom is 0.163 e. The molecule has 1 atom stereocenters. The highest BCUT2D eigenvalue weighted by molar-refractivity contribution is 6.31. The molecular formula is C20H20ClFN2O. The van der Waals surface area contributed by atoms with Gasteiger partial charge in [-0.2, -0.15) is 4.73 Å². The summed E-state index contributed by atoms with van der Waals surface area (Å²) < 4.78 is 15.1. The van der Waals surface area contributed by atoms with E-state index in [2.05, 4.69) is 4.90 Å². The third-order valence-electron chi connectivity index (χ3n) is 4.72. The summed E-state index contributed by atoms with van der Waals surface area (Å²) in [6, 6.07) is 14.3. The molecule has 3 nitrogen and oxygen atoms in total. The molecular weight excluding hydrogens is 339 g/mol. The highest BCUT2D eigenvalue weighted by atomic mass is 35.5. The van der Waals surface area contributed by atoms with E-state index >= 15 is 0 Å². The third kappa shape index (κ3) is 3.65. The summed E-state index contributed by atoms with van der Waals surface area (Å²) in [6.07, 6.45) is 4.17. The van der Waals surface area contributed by atoms with Gasteiger partial charge in [-0.25, -0.2) is 4.39 Å². The van der Waals surface area contributed by atoms with E-state index in [1.807, 2.05) is 30.5 Å². The van der Waals surface area contributed by atoms with E-state index in [-0.39, 0.29) is 11.9 Å². The topological polar surface area (TPSA) is 17.4 Å². The molecule has 0 N–H and O–H groups in total. The SMILES string of the molecule is Fc1ccc(C(CN2CCCC2)On2ccc3ccc(Cl)cc32)cc1. The van der Waals surface area contributed by atoms with Gasteiger partial charge >= 0.3 is 0 Å². The van der Waals surface area contributed by atoms with Crippen LogP contribution in [0.3, 0.4) is 0 Å². The van der Waals surface area contributed by atoms with Crippen molar-refractivity contribution in [2.45, 2.75) is 18.9 Å². The Morgan fingerprint density at radius 2 is 1.80 bits per heavy atom. The summed E-state index contributed by atoms with van der Waals surface area (Å²) in [5.74, 6) is -0.234. The zero-order valence-electron chi connectivity index (χ0n) is 13.9. The second-order valence-electron chi connectivity index (χ2n) is 6.50. The number of nitrogens with zero attached hydrogens (tertiary/aromatic N) is 2. The van der Waals surface area contributed by atoms with Crippen molar-refractivity contribution in [1.29, 1.82) is 0 Å². The lowest BCUT2D eigenvalue weighted by molar-refractivity contribution is 0.0231. The van der Waals surface area contributed by atoms with Crippen LogP contribution in [0.2, 0.25) is 5.02 Å².